The van der Waals surface area contributed by atoms with Gasteiger partial charge < -0.3 is 9.47 Å². The van der Waals surface area contributed by atoms with Gasteiger partial charge in [-0.05, 0) is 28.7 Å². The van der Waals surface area contributed by atoms with Crippen LogP contribution >= 0.6 is 0 Å². The molecule has 31 heavy (non-hydrogen) atoms. The lowest BCUT2D eigenvalue weighted by atomic mass is 9.98. The minimum absolute atomic E-state index is 0.0179. The van der Waals surface area contributed by atoms with E-state index in [-0.39, 0.29) is 25.4 Å². The molecule has 4 rings (SSSR count). The standard InChI is InChI=1S/C23H21F2NO5/c24-11-14(12-25)31-22(28)20-9-10-21(27)26(20)23(29)30-13-19-17-7-3-1-5-15(17)16-6-2-4-8-18(16)19/h1-8,14,19-20H,9-13H2/t20-/m0/s1. The molecule has 0 bridgehead atoms. The molecular weight excluding hydrogens is 408 g/mol. The molecule has 2 aromatic carbocycles. The van der Waals surface area contributed by atoms with Crippen LogP contribution in [-0.4, -0.2) is 55.0 Å². The second-order valence-electron chi connectivity index (χ2n) is 7.49. The summed E-state index contributed by atoms with van der Waals surface area (Å²) in [6.07, 6.45) is -2.55. The molecule has 1 aliphatic heterocycles. The maximum Gasteiger partial charge on any atom is 0.417 e. The molecule has 6 nitrogen and oxygen atoms in total. The van der Waals surface area contributed by atoms with E-state index in [1.54, 1.807) is 0 Å². The number of benzene rings is 2. The first-order valence-corrected chi connectivity index (χ1v) is 10.0. The Morgan fingerprint density at radius 1 is 1.00 bits per heavy atom. The van der Waals surface area contributed by atoms with Crippen molar-refractivity contribution in [1.82, 2.24) is 4.90 Å². The van der Waals surface area contributed by atoms with Gasteiger partial charge in [0.15, 0.2) is 6.10 Å². The van der Waals surface area contributed by atoms with Gasteiger partial charge in [-0.3, -0.25) is 4.79 Å². The van der Waals surface area contributed by atoms with E-state index in [9.17, 15) is 23.2 Å². The predicted octanol–water partition coefficient (Wildman–Crippen LogP) is 3.78. The Labute approximate surface area is 177 Å². The quantitative estimate of drug-likeness (QED) is 0.654. The van der Waals surface area contributed by atoms with Crippen molar-refractivity contribution >= 4 is 18.0 Å². The summed E-state index contributed by atoms with van der Waals surface area (Å²) in [6, 6.07) is 14.4. The Balaban J connectivity index is 1.48. The second-order valence-corrected chi connectivity index (χ2v) is 7.49. The van der Waals surface area contributed by atoms with E-state index in [2.05, 4.69) is 0 Å². The SMILES string of the molecule is O=C(OC(CF)CF)[C@@H]1CCC(=O)N1C(=O)OCC1c2ccccc2-c2ccccc21. The molecule has 1 atom stereocenters. The molecule has 0 radical (unpaired) electrons. The van der Waals surface area contributed by atoms with Crippen LogP contribution in [0, 0.1) is 0 Å². The molecule has 2 amide bonds. The Bertz CT molecular complexity index is 961. The number of hydrogen-bond donors (Lipinski definition) is 0. The third-order valence-corrected chi connectivity index (χ3v) is 5.64. The van der Waals surface area contributed by atoms with Gasteiger partial charge in [-0.25, -0.2) is 23.3 Å². The van der Waals surface area contributed by atoms with Crippen LogP contribution < -0.4 is 0 Å². The van der Waals surface area contributed by atoms with Crippen LogP contribution in [0.1, 0.15) is 29.9 Å². The minimum Gasteiger partial charge on any atom is -0.455 e. The summed E-state index contributed by atoms with van der Waals surface area (Å²) in [7, 11) is 0. The summed E-state index contributed by atoms with van der Waals surface area (Å²) in [6.45, 7) is -2.39. The van der Waals surface area contributed by atoms with E-state index in [4.69, 9.17) is 9.47 Å². The molecule has 8 heteroatoms. The van der Waals surface area contributed by atoms with Gasteiger partial charge in [0.25, 0.3) is 0 Å². The van der Waals surface area contributed by atoms with Crippen molar-refractivity contribution in [2.75, 3.05) is 20.0 Å². The number of amides is 2. The largest absolute Gasteiger partial charge is 0.455 e. The molecule has 0 unspecified atom stereocenters. The number of rotatable bonds is 6. The second kappa shape index (κ2) is 8.83. The van der Waals surface area contributed by atoms with Gasteiger partial charge >= 0.3 is 12.1 Å². The number of alkyl halides is 2. The molecule has 1 saturated heterocycles. The number of esters is 1. The molecule has 2 aliphatic rings. The minimum atomic E-state index is -1.55. The Hall–Kier alpha value is -3.29. The number of halogens is 2. The first kappa shape index (κ1) is 21.0. The average molecular weight is 429 g/mol. The number of imide groups is 1. The summed E-state index contributed by atoms with van der Waals surface area (Å²) in [5.74, 6) is -1.81. The number of likely N-dealkylation sites (tertiary alicyclic amines) is 1. The predicted molar refractivity (Wildman–Crippen MR) is 107 cm³/mol. The number of hydrogen-bond acceptors (Lipinski definition) is 5. The summed E-state index contributed by atoms with van der Waals surface area (Å²) in [4.78, 5) is 37.9. The summed E-state index contributed by atoms with van der Waals surface area (Å²) in [5, 5.41) is 0. The van der Waals surface area contributed by atoms with Gasteiger partial charge in [0.1, 0.15) is 26.0 Å². The van der Waals surface area contributed by atoms with Gasteiger partial charge in [0, 0.05) is 12.3 Å². The smallest absolute Gasteiger partial charge is 0.417 e. The number of fused-ring (bicyclic) bond motifs is 3. The highest BCUT2D eigenvalue weighted by Gasteiger charge is 2.43. The highest BCUT2D eigenvalue weighted by atomic mass is 19.1. The summed E-state index contributed by atoms with van der Waals surface area (Å²) in [5.41, 5.74) is 4.13. The van der Waals surface area contributed by atoms with E-state index in [1.165, 1.54) is 0 Å². The fourth-order valence-corrected chi connectivity index (χ4v) is 4.15. The summed E-state index contributed by atoms with van der Waals surface area (Å²) >= 11 is 0. The highest BCUT2D eigenvalue weighted by molar-refractivity contribution is 5.99. The number of ether oxygens (including phenoxy) is 2. The molecule has 1 fully saturated rings. The zero-order chi connectivity index (χ0) is 22.0. The highest BCUT2D eigenvalue weighted by Crippen LogP contribution is 2.44. The lowest BCUT2D eigenvalue weighted by Gasteiger charge is -2.23. The molecule has 1 heterocycles. The van der Waals surface area contributed by atoms with Crippen LogP contribution in [0.3, 0.4) is 0 Å². The zero-order valence-electron chi connectivity index (χ0n) is 16.6. The van der Waals surface area contributed by atoms with Crippen molar-refractivity contribution < 1.29 is 32.6 Å². The van der Waals surface area contributed by atoms with E-state index >= 15 is 0 Å². The van der Waals surface area contributed by atoms with Crippen LogP contribution in [0.4, 0.5) is 13.6 Å². The van der Waals surface area contributed by atoms with Crippen LogP contribution in [0.15, 0.2) is 48.5 Å². The van der Waals surface area contributed by atoms with Crippen LogP contribution in [-0.2, 0) is 19.1 Å². The van der Waals surface area contributed by atoms with Crippen molar-refractivity contribution in [2.24, 2.45) is 0 Å². The van der Waals surface area contributed by atoms with Crippen molar-refractivity contribution in [1.29, 1.82) is 0 Å². The topological polar surface area (TPSA) is 72.9 Å². The lowest BCUT2D eigenvalue weighted by Crippen LogP contribution is -2.45. The Kier molecular flexibility index (Phi) is 5.97. The van der Waals surface area contributed by atoms with Gasteiger partial charge in [0.2, 0.25) is 5.91 Å². The third kappa shape index (κ3) is 3.89. The van der Waals surface area contributed by atoms with E-state index in [0.717, 1.165) is 22.3 Å². The molecule has 0 N–H and O–H groups in total. The maximum absolute atomic E-state index is 12.7. The third-order valence-electron chi connectivity index (χ3n) is 5.64. The summed E-state index contributed by atoms with van der Waals surface area (Å²) < 4.78 is 35.6. The number of carbonyl (C=O) groups is 3. The van der Waals surface area contributed by atoms with Gasteiger partial charge in [-0.15, -0.1) is 0 Å². The van der Waals surface area contributed by atoms with Crippen molar-refractivity contribution in [3.63, 3.8) is 0 Å². The zero-order valence-corrected chi connectivity index (χ0v) is 16.6. The molecular formula is C23H21F2NO5. The average Bonchev–Trinajstić information content (AvgIpc) is 3.34. The van der Waals surface area contributed by atoms with E-state index in [1.807, 2.05) is 48.5 Å². The first-order chi connectivity index (χ1) is 15.0. The molecule has 0 saturated carbocycles. The van der Waals surface area contributed by atoms with Crippen molar-refractivity contribution in [3.05, 3.63) is 59.7 Å². The molecule has 0 spiro atoms. The van der Waals surface area contributed by atoms with Gasteiger partial charge in [-0.2, -0.15) is 0 Å². The Morgan fingerprint density at radius 3 is 2.16 bits per heavy atom. The normalized spacial score (nSPS) is 17.6. The van der Waals surface area contributed by atoms with Crippen LogP contribution in [0.25, 0.3) is 11.1 Å². The lowest BCUT2D eigenvalue weighted by molar-refractivity contribution is -0.157. The first-order valence-electron chi connectivity index (χ1n) is 10.0. The monoisotopic (exact) mass is 429 g/mol. The van der Waals surface area contributed by atoms with Gasteiger partial charge in [0.05, 0.1) is 0 Å². The van der Waals surface area contributed by atoms with Crippen molar-refractivity contribution in [2.45, 2.75) is 30.9 Å². The van der Waals surface area contributed by atoms with Crippen molar-refractivity contribution in [3.8, 4) is 11.1 Å². The molecule has 0 aromatic heterocycles. The fraction of sp³-hybridized carbons (Fsp3) is 0.348. The molecule has 2 aromatic rings. The Morgan fingerprint density at radius 2 is 1.58 bits per heavy atom. The fourth-order valence-electron chi connectivity index (χ4n) is 4.15. The number of carbonyl (C=O) groups excluding carboxylic acids is 3. The molecule has 1 aliphatic carbocycles. The van der Waals surface area contributed by atoms with E-state index < -0.39 is 43.5 Å². The number of nitrogens with zero attached hydrogens (tertiary/aromatic N) is 1. The molecule has 162 valence electrons. The van der Waals surface area contributed by atoms with Crippen LogP contribution in [0.2, 0.25) is 0 Å². The van der Waals surface area contributed by atoms with Gasteiger partial charge in [-0.1, -0.05) is 48.5 Å². The maximum atomic E-state index is 12.7. The van der Waals surface area contributed by atoms with Crippen LogP contribution in [0.5, 0.6) is 0 Å². The van der Waals surface area contributed by atoms with E-state index in [0.29, 0.717) is 4.90 Å².